The largest absolute Gasteiger partial charge is 0.369 e. The molecule has 0 atom stereocenters. The van der Waals surface area contributed by atoms with Crippen LogP contribution in [-0.4, -0.2) is 61.3 Å². The number of benzene rings is 2. The molecule has 0 radical (unpaired) electrons. The van der Waals surface area contributed by atoms with E-state index in [1.807, 2.05) is 30.3 Å². The third kappa shape index (κ3) is 5.28. The number of rotatable bonds is 11. The Morgan fingerprint density at radius 1 is 1.00 bits per heavy atom. The van der Waals surface area contributed by atoms with Crippen molar-refractivity contribution in [1.29, 1.82) is 0 Å². The molecule has 35 heavy (non-hydrogen) atoms. The lowest BCUT2D eigenvalue weighted by Crippen LogP contribution is -2.21. The Labute approximate surface area is 203 Å². The number of hydrogen-bond donors (Lipinski definition) is 4. The average molecular weight is 471 g/mol. The van der Waals surface area contributed by atoms with Crippen molar-refractivity contribution in [3.8, 4) is 11.4 Å². The Morgan fingerprint density at radius 2 is 1.86 bits per heavy atom. The van der Waals surface area contributed by atoms with Gasteiger partial charge in [-0.25, -0.2) is 9.97 Å². The molecule has 10 heteroatoms. The summed E-state index contributed by atoms with van der Waals surface area (Å²) < 4.78 is 0. The van der Waals surface area contributed by atoms with E-state index in [-0.39, 0.29) is 0 Å². The zero-order valence-electron chi connectivity index (χ0n) is 19.8. The van der Waals surface area contributed by atoms with Crippen molar-refractivity contribution in [2.75, 3.05) is 31.5 Å². The summed E-state index contributed by atoms with van der Waals surface area (Å²) >= 11 is 0. The van der Waals surface area contributed by atoms with Crippen LogP contribution in [0, 0.1) is 0 Å². The topological polar surface area (TPSA) is 135 Å². The van der Waals surface area contributed by atoms with Gasteiger partial charge in [-0.15, -0.1) is 10.2 Å². The Bertz CT molecular complexity index is 1410. The second-order valence-corrected chi connectivity index (χ2v) is 8.53. The van der Waals surface area contributed by atoms with Crippen LogP contribution in [0.3, 0.4) is 0 Å². The predicted molar refractivity (Wildman–Crippen MR) is 138 cm³/mol. The number of nitrogens with two attached hydrogens (primary N) is 1. The first-order valence-corrected chi connectivity index (χ1v) is 12.0. The van der Waals surface area contributed by atoms with Crippen LogP contribution in [0.25, 0.3) is 33.3 Å². The molecule has 0 aliphatic carbocycles. The SMILES string of the molecule is Cn1nnc(-c2ccc3c(c2)[nH]c2nc(Cc4ccccc4)nc(NCCCNCCCN)c23)n1. The van der Waals surface area contributed by atoms with Gasteiger partial charge in [0.05, 0.1) is 12.4 Å². The molecule has 0 unspecified atom stereocenters. The molecule has 0 saturated carbocycles. The van der Waals surface area contributed by atoms with Gasteiger partial charge in [-0.3, -0.25) is 0 Å². The number of nitrogens with one attached hydrogen (secondary N) is 3. The normalized spacial score (nSPS) is 11.5. The van der Waals surface area contributed by atoms with Gasteiger partial charge in [-0.05, 0) is 49.3 Å². The van der Waals surface area contributed by atoms with Gasteiger partial charge < -0.3 is 21.4 Å². The van der Waals surface area contributed by atoms with Crippen LogP contribution in [-0.2, 0) is 13.5 Å². The number of anilines is 1. The van der Waals surface area contributed by atoms with Gasteiger partial charge in [-0.1, -0.05) is 42.5 Å². The highest BCUT2D eigenvalue weighted by Gasteiger charge is 2.16. The van der Waals surface area contributed by atoms with Crippen molar-refractivity contribution in [3.05, 3.63) is 59.9 Å². The first-order chi connectivity index (χ1) is 17.2. The maximum Gasteiger partial charge on any atom is 0.204 e. The summed E-state index contributed by atoms with van der Waals surface area (Å²) in [6, 6.07) is 16.4. The van der Waals surface area contributed by atoms with Crippen LogP contribution in [0.2, 0.25) is 0 Å². The lowest BCUT2D eigenvalue weighted by Gasteiger charge is -2.10. The molecule has 0 fully saturated rings. The van der Waals surface area contributed by atoms with Crippen LogP contribution in [0.15, 0.2) is 48.5 Å². The third-order valence-electron chi connectivity index (χ3n) is 5.85. The highest BCUT2D eigenvalue weighted by molar-refractivity contribution is 6.11. The number of tetrazole rings is 1. The molecule has 180 valence electrons. The Hall–Kier alpha value is -3.89. The fourth-order valence-corrected chi connectivity index (χ4v) is 4.14. The van der Waals surface area contributed by atoms with Gasteiger partial charge in [0.25, 0.3) is 0 Å². The van der Waals surface area contributed by atoms with Crippen molar-refractivity contribution in [2.45, 2.75) is 19.3 Å². The Kier molecular flexibility index (Phi) is 6.92. The zero-order valence-corrected chi connectivity index (χ0v) is 19.8. The van der Waals surface area contributed by atoms with E-state index < -0.39 is 0 Å². The summed E-state index contributed by atoms with van der Waals surface area (Å²) in [4.78, 5) is 14.8. The van der Waals surface area contributed by atoms with Crippen molar-refractivity contribution in [3.63, 3.8) is 0 Å². The van der Waals surface area contributed by atoms with E-state index in [0.29, 0.717) is 18.8 Å². The van der Waals surface area contributed by atoms with E-state index in [1.165, 1.54) is 10.4 Å². The van der Waals surface area contributed by atoms with Crippen LogP contribution in [0.1, 0.15) is 24.2 Å². The molecule has 3 aromatic heterocycles. The molecule has 0 bridgehead atoms. The average Bonchev–Trinajstić information content (AvgIpc) is 3.46. The van der Waals surface area contributed by atoms with E-state index in [1.54, 1.807) is 7.05 Å². The maximum absolute atomic E-state index is 5.57. The second-order valence-electron chi connectivity index (χ2n) is 8.53. The molecule has 0 aliphatic rings. The van der Waals surface area contributed by atoms with Gasteiger partial charge in [0.15, 0.2) is 0 Å². The Morgan fingerprint density at radius 3 is 2.66 bits per heavy atom. The van der Waals surface area contributed by atoms with E-state index in [4.69, 9.17) is 15.7 Å². The Balaban J connectivity index is 1.46. The molecular formula is C25H30N10. The summed E-state index contributed by atoms with van der Waals surface area (Å²) in [7, 11) is 1.76. The zero-order chi connectivity index (χ0) is 24.0. The van der Waals surface area contributed by atoms with Crippen LogP contribution < -0.4 is 16.4 Å². The lowest BCUT2D eigenvalue weighted by atomic mass is 10.1. The van der Waals surface area contributed by atoms with Crippen LogP contribution in [0.4, 0.5) is 5.82 Å². The molecule has 5 N–H and O–H groups in total. The molecule has 0 spiro atoms. The van der Waals surface area contributed by atoms with Crippen molar-refractivity contribution >= 4 is 27.8 Å². The van der Waals surface area contributed by atoms with Crippen LogP contribution in [0.5, 0.6) is 0 Å². The predicted octanol–water partition coefficient (Wildman–Crippen LogP) is 2.63. The number of aromatic nitrogens is 7. The fourth-order valence-electron chi connectivity index (χ4n) is 4.14. The maximum atomic E-state index is 5.57. The van der Waals surface area contributed by atoms with Crippen LogP contribution >= 0.6 is 0 Å². The van der Waals surface area contributed by atoms with Crippen molar-refractivity contribution < 1.29 is 0 Å². The van der Waals surface area contributed by atoms with E-state index in [9.17, 15) is 0 Å². The van der Waals surface area contributed by atoms with Gasteiger partial charge in [0.1, 0.15) is 17.3 Å². The molecule has 5 rings (SSSR count). The molecular weight excluding hydrogens is 440 g/mol. The van der Waals surface area contributed by atoms with Crippen molar-refractivity contribution in [2.24, 2.45) is 12.8 Å². The molecule has 2 aromatic carbocycles. The van der Waals surface area contributed by atoms with Crippen molar-refractivity contribution in [1.82, 2.24) is 40.5 Å². The monoisotopic (exact) mass is 470 g/mol. The lowest BCUT2D eigenvalue weighted by molar-refractivity contribution is 0.630. The molecule has 0 amide bonds. The standard InChI is InChI=1S/C25H30N10/c1-35-33-23(32-34-35)18-9-10-19-20(16-18)29-25-22(19)24(28-14-6-13-27-12-5-11-26)30-21(31-25)15-17-7-3-2-4-8-17/h2-4,7-10,16,27H,5-6,11-15,26H2,1H3,(H2,28,29,30,31). The second kappa shape index (κ2) is 10.6. The van der Waals surface area contributed by atoms with E-state index in [2.05, 4.69) is 49.2 Å². The number of H-pyrrole nitrogens is 1. The first-order valence-electron chi connectivity index (χ1n) is 12.0. The summed E-state index contributed by atoms with van der Waals surface area (Å²) in [6.45, 7) is 3.39. The number of aryl methyl sites for hydroxylation is 1. The van der Waals surface area contributed by atoms with Gasteiger partial charge in [0, 0.05) is 29.4 Å². The smallest absolute Gasteiger partial charge is 0.204 e. The molecule has 10 nitrogen and oxygen atoms in total. The third-order valence-corrected chi connectivity index (χ3v) is 5.85. The highest BCUT2D eigenvalue weighted by Crippen LogP contribution is 2.32. The fraction of sp³-hybridized carbons (Fsp3) is 0.320. The summed E-state index contributed by atoms with van der Waals surface area (Å²) in [5.74, 6) is 2.21. The minimum Gasteiger partial charge on any atom is -0.369 e. The number of nitrogens with zero attached hydrogens (tertiary/aromatic N) is 6. The first kappa shape index (κ1) is 22.9. The molecule has 0 saturated heterocycles. The summed E-state index contributed by atoms with van der Waals surface area (Å²) in [5.41, 5.74) is 9.41. The summed E-state index contributed by atoms with van der Waals surface area (Å²) in [6.07, 6.45) is 2.63. The van der Waals surface area contributed by atoms with Gasteiger partial charge >= 0.3 is 0 Å². The molecule has 3 heterocycles. The van der Waals surface area contributed by atoms with Gasteiger partial charge in [-0.2, -0.15) is 4.80 Å². The number of aromatic amines is 1. The number of fused-ring (bicyclic) bond motifs is 3. The minimum absolute atomic E-state index is 0.587. The highest BCUT2D eigenvalue weighted by atomic mass is 15.6. The quantitative estimate of drug-likeness (QED) is 0.216. The molecule has 0 aliphatic heterocycles. The minimum atomic E-state index is 0.587. The molecule has 5 aromatic rings. The van der Waals surface area contributed by atoms with Gasteiger partial charge in [0.2, 0.25) is 5.82 Å². The number of hydrogen-bond acceptors (Lipinski definition) is 8. The summed E-state index contributed by atoms with van der Waals surface area (Å²) in [5, 5.41) is 21.4. The van der Waals surface area contributed by atoms with E-state index in [0.717, 1.165) is 71.6 Å². The van der Waals surface area contributed by atoms with E-state index >= 15 is 0 Å².